The number of ether oxygens (including phenoxy) is 2. The monoisotopic (exact) mass is 479 g/mol. The highest BCUT2D eigenvalue weighted by Gasteiger charge is 2.49. The number of hydrogen-bond donors (Lipinski definition) is 1. The third kappa shape index (κ3) is 4.57. The van der Waals surface area contributed by atoms with E-state index in [0.29, 0.717) is 53.7 Å². The van der Waals surface area contributed by atoms with Gasteiger partial charge in [-0.2, -0.15) is 0 Å². The highest BCUT2D eigenvalue weighted by molar-refractivity contribution is 6.18. The van der Waals surface area contributed by atoms with Gasteiger partial charge in [-0.15, -0.1) is 0 Å². The van der Waals surface area contributed by atoms with Crippen molar-refractivity contribution in [2.75, 3.05) is 32.2 Å². The van der Waals surface area contributed by atoms with Crippen molar-refractivity contribution in [2.45, 2.75) is 45.7 Å². The van der Waals surface area contributed by atoms with Crippen LogP contribution in [0.5, 0.6) is 11.5 Å². The fourth-order valence-electron chi connectivity index (χ4n) is 4.80. The quantitative estimate of drug-likeness (QED) is 0.517. The fourth-order valence-corrected chi connectivity index (χ4v) is 4.80. The Hall–Kier alpha value is -3.55. The number of carbonyl (C=O) groups excluding carboxylic acids is 3. The zero-order chi connectivity index (χ0) is 25.1. The molecule has 0 aromatic heterocycles. The first kappa shape index (κ1) is 24.6. The summed E-state index contributed by atoms with van der Waals surface area (Å²) in [6, 6.07) is 10.8. The minimum Gasteiger partial charge on any atom is -0.493 e. The molecule has 0 fully saturated rings. The second kappa shape index (κ2) is 10.4. The van der Waals surface area contributed by atoms with Crippen molar-refractivity contribution in [1.82, 2.24) is 10.2 Å². The van der Waals surface area contributed by atoms with E-state index in [-0.39, 0.29) is 17.7 Å². The number of fused-ring (bicyclic) bond motifs is 5. The number of nitrogens with one attached hydrogen (secondary N) is 1. The van der Waals surface area contributed by atoms with Crippen LogP contribution in [0.4, 0.5) is 5.69 Å². The molecule has 3 amide bonds. The highest BCUT2D eigenvalue weighted by atomic mass is 16.5. The first-order chi connectivity index (χ1) is 16.9. The molecule has 1 unspecified atom stereocenters. The molecule has 2 heterocycles. The van der Waals surface area contributed by atoms with E-state index in [0.717, 1.165) is 24.8 Å². The number of para-hydroxylation sites is 1. The predicted molar refractivity (Wildman–Crippen MR) is 133 cm³/mol. The van der Waals surface area contributed by atoms with E-state index >= 15 is 0 Å². The van der Waals surface area contributed by atoms with E-state index in [9.17, 15) is 14.4 Å². The van der Waals surface area contributed by atoms with Crippen molar-refractivity contribution in [1.29, 1.82) is 0 Å². The Labute approximate surface area is 206 Å². The Kier molecular flexibility index (Phi) is 7.28. The summed E-state index contributed by atoms with van der Waals surface area (Å²) in [5.74, 6) is 1.01. The number of amides is 3. The van der Waals surface area contributed by atoms with E-state index in [2.05, 4.69) is 19.2 Å². The number of nitrogens with zero attached hydrogens (tertiary/aromatic N) is 2. The first-order valence-electron chi connectivity index (χ1n) is 12.1. The van der Waals surface area contributed by atoms with Crippen molar-refractivity contribution >= 4 is 23.4 Å². The lowest BCUT2D eigenvalue weighted by molar-refractivity contribution is -0.121. The lowest BCUT2D eigenvalue weighted by Gasteiger charge is -2.41. The molecule has 4 rings (SSSR count). The summed E-state index contributed by atoms with van der Waals surface area (Å²) in [4.78, 5) is 42.6. The van der Waals surface area contributed by atoms with Crippen LogP contribution in [0, 0.1) is 5.92 Å². The number of carbonyl (C=O) groups is 3. The molecule has 8 heteroatoms. The molecule has 0 aliphatic carbocycles. The standard InChI is InChI=1S/C27H33N3O5/c1-17(2)16-28-22(31)12-6-5-9-15-29-25-19-13-14-21(34-3)24(35-4)23(19)27(33)30(25)20-11-8-7-10-18(20)26(29)32/h7-8,10-11,13-14,17,25H,5-6,9,12,15-16H2,1-4H3,(H,28,31). The molecule has 8 nitrogen and oxygen atoms in total. The Bertz CT molecular complexity index is 1130. The minimum atomic E-state index is -0.547. The number of hydrogen-bond acceptors (Lipinski definition) is 5. The number of rotatable bonds is 10. The van der Waals surface area contributed by atoms with Crippen molar-refractivity contribution < 1.29 is 23.9 Å². The summed E-state index contributed by atoms with van der Waals surface area (Å²) < 4.78 is 11.0. The van der Waals surface area contributed by atoms with Crippen LogP contribution in [0.25, 0.3) is 0 Å². The molecule has 1 atom stereocenters. The topological polar surface area (TPSA) is 88.2 Å². The SMILES string of the molecule is COc1ccc2c(c1OC)C(=O)N1c3ccccc3C(=O)N(CCCCCC(=O)NCC(C)C)C21. The van der Waals surface area contributed by atoms with Gasteiger partial charge >= 0.3 is 0 Å². The van der Waals surface area contributed by atoms with Gasteiger partial charge in [-0.1, -0.05) is 38.5 Å². The summed E-state index contributed by atoms with van der Waals surface area (Å²) in [6.07, 6.45) is 2.20. The maximum absolute atomic E-state index is 13.7. The molecule has 0 radical (unpaired) electrons. The Balaban J connectivity index is 1.56. The lowest BCUT2D eigenvalue weighted by Crippen LogP contribution is -2.48. The molecular formula is C27H33N3O5. The van der Waals surface area contributed by atoms with Crippen LogP contribution in [0.2, 0.25) is 0 Å². The van der Waals surface area contributed by atoms with Gasteiger partial charge < -0.3 is 19.7 Å². The average molecular weight is 480 g/mol. The molecule has 2 aromatic rings. The van der Waals surface area contributed by atoms with Crippen LogP contribution in [0.3, 0.4) is 0 Å². The van der Waals surface area contributed by atoms with Gasteiger partial charge in [-0.05, 0) is 37.0 Å². The molecule has 35 heavy (non-hydrogen) atoms. The highest BCUT2D eigenvalue weighted by Crippen LogP contribution is 2.49. The molecule has 186 valence electrons. The van der Waals surface area contributed by atoms with E-state index in [4.69, 9.17) is 9.47 Å². The molecule has 2 aliphatic rings. The van der Waals surface area contributed by atoms with Gasteiger partial charge in [0.1, 0.15) is 6.17 Å². The van der Waals surface area contributed by atoms with Gasteiger partial charge in [0.15, 0.2) is 11.5 Å². The number of benzene rings is 2. The van der Waals surface area contributed by atoms with Gasteiger partial charge in [0, 0.05) is 25.1 Å². The maximum Gasteiger partial charge on any atom is 0.264 e. The van der Waals surface area contributed by atoms with Crippen LogP contribution in [0.1, 0.15) is 72.0 Å². The molecule has 1 N–H and O–H groups in total. The third-order valence-electron chi connectivity index (χ3n) is 6.49. The molecule has 0 spiro atoms. The second-order valence-electron chi connectivity index (χ2n) is 9.34. The average Bonchev–Trinajstić information content (AvgIpc) is 3.16. The fraction of sp³-hybridized carbons (Fsp3) is 0.444. The normalized spacial score (nSPS) is 16.2. The van der Waals surface area contributed by atoms with Crippen LogP contribution in [0.15, 0.2) is 36.4 Å². The van der Waals surface area contributed by atoms with Crippen LogP contribution < -0.4 is 19.7 Å². The Morgan fingerprint density at radius 1 is 1.00 bits per heavy atom. The van der Waals surface area contributed by atoms with Gasteiger partial charge in [0.25, 0.3) is 11.8 Å². The zero-order valence-corrected chi connectivity index (χ0v) is 20.8. The van der Waals surface area contributed by atoms with Gasteiger partial charge in [-0.25, -0.2) is 0 Å². The Morgan fingerprint density at radius 3 is 2.49 bits per heavy atom. The van der Waals surface area contributed by atoms with Gasteiger partial charge in [0.2, 0.25) is 5.91 Å². The molecule has 2 aromatic carbocycles. The van der Waals surface area contributed by atoms with E-state index < -0.39 is 6.17 Å². The predicted octanol–water partition coefficient (Wildman–Crippen LogP) is 4.15. The molecule has 2 aliphatic heterocycles. The summed E-state index contributed by atoms with van der Waals surface area (Å²) in [6.45, 7) is 5.28. The Morgan fingerprint density at radius 2 is 1.77 bits per heavy atom. The summed E-state index contributed by atoms with van der Waals surface area (Å²) in [5, 5.41) is 2.94. The summed E-state index contributed by atoms with van der Waals surface area (Å²) in [7, 11) is 3.04. The smallest absolute Gasteiger partial charge is 0.264 e. The van der Waals surface area contributed by atoms with Crippen molar-refractivity contribution in [3.05, 3.63) is 53.1 Å². The van der Waals surface area contributed by atoms with Crippen LogP contribution >= 0.6 is 0 Å². The van der Waals surface area contributed by atoms with E-state index in [1.54, 1.807) is 28.0 Å². The summed E-state index contributed by atoms with van der Waals surface area (Å²) in [5.41, 5.74) is 2.25. The second-order valence-corrected chi connectivity index (χ2v) is 9.34. The molecular weight excluding hydrogens is 446 g/mol. The minimum absolute atomic E-state index is 0.0595. The lowest BCUT2D eigenvalue weighted by atomic mass is 10.0. The number of methoxy groups -OCH3 is 2. The van der Waals surface area contributed by atoms with E-state index in [1.807, 2.05) is 18.2 Å². The van der Waals surface area contributed by atoms with Crippen LogP contribution in [-0.4, -0.2) is 49.9 Å². The number of anilines is 1. The molecule has 0 saturated heterocycles. The van der Waals surface area contributed by atoms with Crippen molar-refractivity contribution in [3.8, 4) is 11.5 Å². The van der Waals surface area contributed by atoms with E-state index in [1.165, 1.54) is 14.2 Å². The molecule has 0 saturated carbocycles. The summed E-state index contributed by atoms with van der Waals surface area (Å²) >= 11 is 0. The largest absolute Gasteiger partial charge is 0.493 e. The van der Waals surface area contributed by atoms with Crippen molar-refractivity contribution in [3.63, 3.8) is 0 Å². The van der Waals surface area contributed by atoms with Crippen LogP contribution in [-0.2, 0) is 4.79 Å². The van der Waals surface area contributed by atoms with Gasteiger partial charge in [-0.3, -0.25) is 19.3 Å². The number of unbranched alkanes of at least 4 members (excludes halogenated alkanes) is 2. The van der Waals surface area contributed by atoms with Gasteiger partial charge in [0.05, 0.1) is 31.0 Å². The first-order valence-corrected chi connectivity index (χ1v) is 12.1. The zero-order valence-electron chi connectivity index (χ0n) is 20.8. The maximum atomic E-state index is 13.7. The third-order valence-corrected chi connectivity index (χ3v) is 6.49. The van der Waals surface area contributed by atoms with Crippen molar-refractivity contribution in [2.24, 2.45) is 5.92 Å². The molecule has 0 bridgehead atoms.